The van der Waals surface area contributed by atoms with E-state index in [2.05, 4.69) is 24.9 Å². The average molecular weight is 178 g/mol. The van der Waals surface area contributed by atoms with Gasteiger partial charge in [0.1, 0.15) is 0 Å². The first-order chi connectivity index (χ1) is 6.24. The molecule has 0 aromatic carbocycles. The van der Waals surface area contributed by atoms with Crippen molar-refractivity contribution in [1.82, 2.24) is 4.98 Å². The zero-order valence-corrected chi connectivity index (χ0v) is 8.46. The van der Waals surface area contributed by atoms with Crippen molar-refractivity contribution in [1.29, 1.82) is 0 Å². The molecular weight excluding hydrogens is 160 g/mol. The fourth-order valence-electron chi connectivity index (χ4n) is 1.48. The van der Waals surface area contributed by atoms with Crippen molar-refractivity contribution in [3.05, 3.63) is 29.6 Å². The molecule has 2 nitrogen and oxygen atoms in total. The molecule has 1 aromatic heterocycles. The van der Waals surface area contributed by atoms with E-state index in [0.29, 0.717) is 12.5 Å². The molecule has 0 saturated carbocycles. The van der Waals surface area contributed by atoms with Crippen LogP contribution in [0.1, 0.15) is 25.0 Å². The first-order valence-electron chi connectivity index (χ1n) is 4.86. The van der Waals surface area contributed by atoms with Crippen LogP contribution in [0.15, 0.2) is 18.5 Å². The van der Waals surface area contributed by atoms with Crippen LogP contribution >= 0.6 is 0 Å². The van der Waals surface area contributed by atoms with Crippen LogP contribution in [0.25, 0.3) is 0 Å². The first kappa shape index (κ1) is 10.2. The number of hydrogen-bond donors (Lipinski definition) is 1. The number of pyridine rings is 1. The van der Waals surface area contributed by atoms with Gasteiger partial charge in [0.05, 0.1) is 0 Å². The Morgan fingerprint density at radius 1 is 1.38 bits per heavy atom. The molecule has 1 aromatic rings. The fourth-order valence-corrected chi connectivity index (χ4v) is 1.48. The minimum Gasteiger partial charge on any atom is -0.330 e. The van der Waals surface area contributed by atoms with Crippen molar-refractivity contribution in [3.63, 3.8) is 0 Å². The molecule has 13 heavy (non-hydrogen) atoms. The van der Waals surface area contributed by atoms with Crippen molar-refractivity contribution < 1.29 is 0 Å². The minimum atomic E-state index is 0.693. The van der Waals surface area contributed by atoms with Crippen LogP contribution in [-0.2, 0) is 12.8 Å². The summed E-state index contributed by atoms with van der Waals surface area (Å²) in [6, 6.07) is 2.10. The van der Waals surface area contributed by atoms with Gasteiger partial charge in [-0.25, -0.2) is 0 Å². The molecule has 1 heterocycles. The topological polar surface area (TPSA) is 38.9 Å². The van der Waals surface area contributed by atoms with Crippen LogP contribution < -0.4 is 5.73 Å². The third-order valence-corrected chi connectivity index (χ3v) is 2.05. The quantitative estimate of drug-likeness (QED) is 0.763. The molecule has 0 bridgehead atoms. The highest BCUT2D eigenvalue weighted by Crippen LogP contribution is 2.12. The highest BCUT2D eigenvalue weighted by atomic mass is 14.6. The van der Waals surface area contributed by atoms with Crippen molar-refractivity contribution in [3.8, 4) is 0 Å². The number of nitrogens with zero attached hydrogens (tertiary/aromatic N) is 1. The standard InChI is InChI=1S/C11H18N2/c1-9(2)7-10-4-6-13-8-11(10)3-5-12/h4,6,8-9H,3,5,7,12H2,1-2H3. The largest absolute Gasteiger partial charge is 0.330 e. The Balaban J connectivity index is 2.78. The van der Waals surface area contributed by atoms with Gasteiger partial charge in [-0.1, -0.05) is 13.8 Å². The van der Waals surface area contributed by atoms with Crippen LogP contribution in [0, 0.1) is 5.92 Å². The zero-order valence-electron chi connectivity index (χ0n) is 8.46. The summed E-state index contributed by atoms with van der Waals surface area (Å²) in [6.45, 7) is 5.16. The Morgan fingerprint density at radius 2 is 2.15 bits per heavy atom. The summed E-state index contributed by atoms with van der Waals surface area (Å²) in [7, 11) is 0. The fraction of sp³-hybridized carbons (Fsp3) is 0.545. The summed E-state index contributed by atoms with van der Waals surface area (Å²) < 4.78 is 0. The SMILES string of the molecule is CC(C)Cc1ccncc1CCN. The second-order valence-corrected chi connectivity index (χ2v) is 3.78. The molecule has 2 N–H and O–H groups in total. The van der Waals surface area contributed by atoms with Crippen LogP contribution in [0.2, 0.25) is 0 Å². The predicted octanol–water partition coefficient (Wildman–Crippen LogP) is 1.78. The molecule has 1 rings (SSSR count). The number of hydrogen-bond acceptors (Lipinski definition) is 2. The summed E-state index contributed by atoms with van der Waals surface area (Å²) in [5.74, 6) is 0.693. The summed E-state index contributed by atoms with van der Waals surface area (Å²) in [5.41, 5.74) is 8.24. The second kappa shape index (κ2) is 4.97. The van der Waals surface area contributed by atoms with E-state index >= 15 is 0 Å². The van der Waals surface area contributed by atoms with Crippen LogP contribution in [0.4, 0.5) is 0 Å². The molecule has 0 unspecified atom stereocenters. The lowest BCUT2D eigenvalue weighted by atomic mass is 9.98. The lowest BCUT2D eigenvalue weighted by molar-refractivity contribution is 0.641. The third kappa shape index (κ3) is 3.15. The molecule has 0 aliphatic heterocycles. The van der Waals surface area contributed by atoms with Crippen molar-refractivity contribution in [2.24, 2.45) is 11.7 Å². The second-order valence-electron chi connectivity index (χ2n) is 3.78. The normalized spacial score (nSPS) is 10.8. The Hall–Kier alpha value is -0.890. The van der Waals surface area contributed by atoms with E-state index < -0.39 is 0 Å². The molecule has 0 amide bonds. The predicted molar refractivity (Wildman–Crippen MR) is 55.5 cm³/mol. The zero-order chi connectivity index (χ0) is 9.68. The number of rotatable bonds is 4. The summed E-state index contributed by atoms with van der Waals surface area (Å²) in [6.07, 6.45) is 5.86. The monoisotopic (exact) mass is 178 g/mol. The number of aromatic nitrogens is 1. The van der Waals surface area contributed by atoms with E-state index in [1.165, 1.54) is 11.1 Å². The van der Waals surface area contributed by atoms with Gasteiger partial charge in [0.15, 0.2) is 0 Å². The van der Waals surface area contributed by atoms with E-state index in [-0.39, 0.29) is 0 Å². The molecular formula is C11H18N2. The van der Waals surface area contributed by atoms with Crippen LogP contribution in [-0.4, -0.2) is 11.5 Å². The maximum absolute atomic E-state index is 5.53. The van der Waals surface area contributed by atoms with E-state index in [9.17, 15) is 0 Å². The highest BCUT2D eigenvalue weighted by molar-refractivity contribution is 5.23. The summed E-state index contributed by atoms with van der Waals surface area (Å²) in [5, 5.41) is 0. The minimum absolute atomic E-state index is 0.693. The van der Waals surface area contributed by atoms with E-state index in [0.717, 1.165) is 12.8 Å². The smallest absolute Gasteiger partial charge is 0.0303 e. The Morgan fingerprint density at radius 3 is 2.77 bits per heavy atom. The van der Waals surface area contributed by atoms with Crippen molar-refractivity contribution in [2.45, 2.75) is 26.7 Å². The molecule has 2 heteroatoms. The highest BCUT2D eigenvalue weighted by Gasteiger charge is 2.03. The van der Waals surface area contributed by atoms with Crippen molar-refractivity contribution in [2.75, 3.05) is 6.54 Å². The molecule has 0 aliphatic carbocycles. The first-order valence-corrected chi connectivity index (χ1v) is 4.86. The van der Waals surface area contributed by atoms with Gasteiger partial charge < -0.3 is 5.73 Å². The molecule has 0 fully saturated rings. The van der Waals surface area contributed by atoms with E-state index in [1.807, 2.05) is 12.4 Å². The maximum atomic E-state index is 5.53. The Kier molecular flexibility index (Phi) is 3.90. The van der Waals surface area contributed by atoms with Crippen molar-refractivity contribution >= 4 is 0 Å². The van der Waals surface area contributed by atoms with Crippen LogP contribution in [0.5, 0.6) is 0 Å². The third-order valence-electron chi connectivity index (χ3n) is 2.05. The van der Waals surface area contributed by atoms with Gasteiger partial charge in [-0.2, -0.15) is 0 Å². The molecule has 0 atom stereocenters. The van der Waals surface area contributed by atoms with E-state index in [4.69, 9.17) is 5.73 Å². The van der Waals surface area contributed by atoms with Gasteiger partial charge in [-0.05, 0) is 42.5 Å². The average Bonchev–Trinajstić information content (AvgIpc) is 2.08. The van der Waals surface area contributed by atoms with E-state index in [1.54, 1.807) is 0 Å². The summed E-state index contributed by atoms with van der Waals surface area (Å²) >= 11 is 0. The Labute approximate surface area is 80.2 Å². The molecule has 0 spiro atoms. The Bertz CT molecular complexity index is 256. The molecule has 0 saturated heterocycles. The van der Waals surface area contributed by atoms with Gasteiger partial charge in [0.25, 0.3) is 0 Å². The maximum Gasteiger partial charge on any atom is 0.0303 e. The molecule has 0 radical (unpaired) electrons. The van der Waals surface area contributed by atoms with Gasteiger partial charge in [0, 0.05) is 12.4 Å². The molecule has 0 aliphatic rings. The van der Waals surface area contributed by atoms with Gasteiger partial charge in [-0.3, -0.25) is 4.98 Å². The lowest BCUT2D eigenvalue weighted by Gasteiger charge is -2.09. The number of nitrogens with two attached hydrogens (primary N) is 1. The lowest BCUT2D eigenvalue weighted by Crippen LogP contribution is -2.07. The van der Waals surface area contributed by atoms with Gasteiger partial charge in [-0.15, -0.1) is 0 Å². The summed E-state index contributed by atoms with van der Waals surface area (Å²) in [4.78, 5) is 4.12. The molecule has 72 valence electrons. The van der Waals surface area contributed by atoms with Crippen LogP contribution in [0.3, 0.4) is 0 Å². The van der Waals surface area contributed by atoms with Gasteiger partial charge in [0.2, 0.25) is 0 Å². The van der Waals surface area contributed by atoms with Gasteiger partial charge >= 0.3 is 0 Å².